The lowest BCUT2D eigenvalue weighted by Gasteiger charge is -2.17. The molecule has 4 nitrogen and oxygen atoms in total. The fourth-order valence-corrected chi connectivity index (χ4v) is 2.91. The standard InChI is InChI=1S/C21H23N3O/c1-16-13-17(2)24(22-16)15-19-9-11-20(12-10-19)21(25)23(3)14-18-7-5-4-6-8-18/h4-13H,14-15H2,1-3H3. The van der Waals surface area contributed by atoms with Crippen LogP contribution in [-0.2, 0) is 13.1 Å². The molecule has 0 saturated carbocycles. The molecular formula is C21H23N3O. The summed E-state index contributed by atoms with van der Waals surface area (Å²) in [5.41, 5.74) is 5.12. The molecule has 0 bridgehead atoms. The van der Waals surface area contributed by atoms with Gasteiger partial charge in [0.15, 0.2) is 0 Å². The quantitative estimate of drug-likeness (QED) is 0.712. The average molecular weight is 333 g/mol. The van der Waals surface area contributed by atoms with Gasteiger partial charge in [-0.15, -0.1) is 0 Å². The third-order valence-electron chi connectivity index (χ3n) is 4.25. The zero-order chi connectivity index (χ0) is 17.8. The summed E-state index contributed by atoms with van der Waals surface area (Å²) in [6, 6.07) is 19.9. The van der Waals surface area contributed by atoms with Crippen LogP contribution in [0.4, 0.5) is 0 Å². The highest BCUT2D eigenvalue weighted by atomic mass is 16.2. The zero-order valence-electron chi connectivity index (χ0n) is 14.9. The Morgan fingerprint density at radius 1 is 1.00 bits per heavy atom. The molecule has 0 spiro atoms. The molecule has 4 heteroatoms. The largest absolute Gasteiger partial charge is 0.337 e. The van der Waals surface area contributed by atoms with E-state index in [1.54, 1.807) is 4.90 Å². The summed E-state index contributed by atoms with van der Waals surface area (Å²) < 4.78 is 1.98. The fourth-order valence-electron chi connectivity index (χ4n) is 2.91. The van der Waals surface area contributed by atoms with E-state index >= 15 is 0 Å². The minimum atomic E-state index is 0.0292. The van der Waals surface area contributed by atoms with Crippen molar-refractivity contribution in [1.29, 1.82) is 0 Å². The molecule has 0 unspecified atom stereocenters. The maximum Gasteiger partial charge on any atom is 0.253 e. The first-order chi connectivity index (χ1) is 12.0. The van der Waals surface area contributed by atoms with Gasteiger partial charge in [0, 0.05) is 24.8 Å². The lowest BCUT2D eigenvalue weighted by molar-refractivity contribution is 0.0785. The van der Waals surface area contributed by atoms with Crippen molar-refractivity contribution >= 4 is 5.91 Å². The van der Waals surface area contributed by atoms with Gasteiger partial charge in [0.05, 0.1) is 12.2 Å². The van der Waals surface area contributed by atoms with Crippen LogP contribution in [-0.4, -0.2) is 27.6 Å². The van der Waals surface area contributed by atoms with E-state index in [0.717, 1.165) is 22.5 Å². The molecule has 1 heterocycles. The Morgan fingerprint density at radius 3 is 2.28 bits per heavy atom. The minimum Gasteiger partial charge on any atom is -0.337 e. The molecule has 0 saturated heterocycles. The van der Waals surface area contributed by atoms with E-state index < -0.39 is 0 Å². The number of hydrogen-bond acceptors (Lipinski definition) is 2. The van der Waals surface area contributed by atoms with Crippen LogP contribution in [0, 0.1) is 13.8 Å². The van der Waals surface area contributed by atoms with E-state index in [4.69, 9.17) is 0 Å². The third-order valence-corrected chi connectivity index (χ3v) is 4.25. The number of benzene rings is 2. The molecule has 3 aromatic rings. The van der Waals surface area contributed by atoms with Crippen molar-refractivity contribution in [3.8, 4) is 0 Å². The predicted molar refractivity (Wildman–Crippen MR) is 99.5 cm³/mol. The summed E-state index contributed by atoms with van der Waals surface area (Å²) in [7, 11) is 1.83. The lowest BCUT2D eigenvalue weighted by atomic mass is 10.1. The van der Waals surface area contributed by atoms with Crippen molar-refractivity contribution in [3.05, 3.63) is 88.7 Å². The van der Waals surface area contributed by atoms with Gasteiger partial charge < -0.3 is 4.90 Å². The van der Waals surface area contributed by atoms with E-state index in [2.05, 4.69) is 18.1 Å². The van der Waals surface area contributed by atoms with E-state index in [9.17, 15) is 4.79 Å². The van der Waals surface area contributed by atoms with Crippen molar-refractivity contribution in [2.24, 2.45) is 0 Å². The summed E-state index contributed by atoms with van der Waals surface area (Å²) in [5.74, 6) is 0.0292. The Kier molecular flexibility index (Phi) is 4.98. The number of aromatic nitrogens is 2. The van der Waals surface area contributed by atoms with Gasteiger partial charge in [-0.25, -0.2) is 0 Å². The second kappa shape index (κ2) is 7.34. The van der Waals surface area contributed by atoms with Gasteiger partial charge in [0.2, 0.25) is 0 Å². The smallest absolute Gasteiger partial charge is 0.253 e. The van der Waals surface area contributed by atoms with E-state index in [0.29, 0.717) is 18.7 Å². The molecule has 0 aliphatic rings. The van der Waals surface area contributed by atoms with Crippen molar-refractivity contribution in [1.82, 2.24) is 14.7 Å². The van der Waals surface area contributed by atoms with Gasteiger partial charge in [-0.05, 0) is 43.2 Å². The zero-order valence-corrected chi connectivity index (χ0v) is 14.9. The monoisotopic (exact) mass is 333 g/mol. The molecular weight excluding hydrogens is 310 g/mol. The number of aryl methyl sites for hydroxylation is 2. The van der Waals surface area contributed by atoms with Crippen LogP contribution >= 0.6 is 0 Å². The number of hydrogen-bond donors (Lipinski definition) is 0. The van der Waals surface area contributed by atoms with Crippen molar-refractivity contribution in [3.63, 3.8) is 0 Å². The molecule has 25 heavy (non-hydrogen) atoms. The highest BCUT2D eigenvalue weighted by Gasteiger charge is 2.12. The van der Waals surface area contributed by atoms with Crippen LogP contribution in [0.1, 0.15) is 32.9 Å². The lowest BCUT2D eigenvalue weighted by Crippen LogP contribution is -2.26. The second-order valence-electron chi connectivity index (χ2n) is 6.43. The molecule has 1 aromatic heterocycles. The molecule has 2 aromatic carbocycles. The molecule has 3 rings (SSSR count). The molecule has 0 atom stereocenters. The SMILES string of the molecule is Cc1cc(C)n(Cc2ccc(C(=O)N(C)Cc3ccccc3)cc2)n1. The highest BCUT2D eigenvalue weighted by molar-refractivity contribution is 5.94. The maximum absolute atomic E-state index is 12.6. The first-order valence-electron chi connectivity index (χ1n) is 8.42. The van der Waals surface area contributed by atoms with Crippen LogP contribution in [0.5, 0.6) is 0 Å². The van der Waals surface area contributed by atoms with Gasteiger partial charge >= 0.3 is 0 Å². The van der Waals surface area contributed by atoms with Crippen LogP contribution in [0.15, 0.2) is 60.7 Å². The van der Waals surface area contributed by atoms with Crippen molar-refractivity contribution < 1.29 is 4.79 Å². The van der Waals surface area contributed by atoms with E-state index in [1.165, 1.54) is 0 Å². The van der Waals surface area contributed by atoms with Crippen molar-refractivity contribution in [2.75, 3.05) is 7.05 Å². The molecule has 0 radical (unpaired) electrons. The topological polar surface area (TPSA) is 38.1 Å². The third kappa shape index (κ3) is 4.15. The Labute approximate surface area is 148 Å². The fraction of sp³-hybridized carbons (Fsp3) is 0.238. The van der Waals surface area contributed by atoms with Crippen LogP contribution in [0.3, 0.4) is 0 Å². The van der Waals surface area contributed by atoms with Gasteiger partial charge in [-0.1, -0.05) is 42.5 Å². The van der Waals surface area contributed by atoms with Gasteiger partial charge in [0.1, 0.15) is 0 Å². The van der Waals surface area contributed by atoms with E-state index in [-0.39, 0.29) is 5.91 Å². The van der Waals surface area contributed by atoms with Crippen LogP contribution in [0.25, 0.3) is 0 Å². The Morgan fingerprint density at radius 2 is 1.68 bits per heavy atom. The van der Waals surface area contributed by atoms with Gasteiger partial charge in [-0.3, -0.25) is 9.48 Å². The summed E-state index contributed by atoms with van der Waals surface area (Å²) >= 11 is 0. The molecule has 0 fully saturated rings. The minimum absolute atomic E-state index is 0.0292. The molecule has 1 amide bonds. The molecule has 0 aliphatic carbocycles. The normalized spacial score (nSPS) is 10.7. The first-order valence-corrected chi connectivity index (χ1v) is 8.42. The van der Waals surface area contributed by atoms with Crippen molar-refractivity contribution in [2.45, 2.75) is 26.9 Å². The number of nitrogens with zero attached hydrogens (tertiary/aromatic N) is 3. The van der Waals surface area contributed by atoms with Crippen LogP contribution < -0.4 is 0 Å². The molecule has 128 valence electrons. The molecule has 0 N–H and O–H groups in total. The first kappa shape index (κ1) is 17.0. The second-order valence-corrected chi connectivity index (χ2v) is 6.43. The summed E-state index contributed by atoms with van der Waals surface area (Å²) in [5, 5.41) is 4.48. The Bertz CT molecular complexity index is 851. The number of carbonyl (C=O) groups is 1. The highest BCUT2D eigenvalue weighted by Crippen LogP contribution is 2.12. The number of amides is 1. The van der Waals surface area contributed by atoms with Gasteiger partial charge in [-0.2, -0.15) is 5.10 Å². The van der Waals surface area contributed by atoms with Crippen LogP contribution in [0.2, 0.25) is 0 Å². The average Bonchev–Trinajstić information content (AvgIpc) is 2.93. The number of rotatable bonds is 5. The summed E-state index contributed by atoms with van der Waals surface area (Å²) in [6.07, 6.45) is 0. The Hall–Kier alpha value is -2.88. The van der Waals surface area contributed by atoms with E-state index in [1.807, 2.05) is 73.3 Å². The molecule has 0 aliphatic heterocycles. The summed E-state index contributed by atoms with van der Waals surface area (Å²) in [4.78, 5) is 14.3. The number of carbonyl (C=O) groups excluding carboxylic acids is 1. The van der Waals surface area contributed by atoms with Gasteiger partial charge in [0.25, 0.3) is 5.91 Å². The predicted octanol–water partition coefficient (Wildman–Crippen LogP) is 3.82. The summed E-state index contributed by atoms with van der Waals surface area (Å²) in [6.45, 7) is 5.37. The maximum atomic E-state index is 12.6. The Balaban J connectivity index is 1.67.